The van der Waals surface area contributed by atoms with Crippen LogP contribution >= 0.6 is 11.8 Å². The Hall–Kier alpha value is -1.07. The summed E-state index contributed by atoms with van der Waals surface area (Å²) in [5.41, 5.74) is 1.07. The summed E-state index contributed by atoms with van der Waals surface area (Å²) < 4.78 is 13.3. The highest BCUT2D eigenvalue weighted by Crippen LogP contribution is 2.23. The predicted octanol–water partition coefficient (Wildman–Crippen LogP) is 2.70. The molecule has 1 atom stereocenters. The first-order valence-corrected chi connectivity index (χ1v) is 9.69. The van der Waals surface area contributed by atoms with Crippen LogP contribution in [0.1, 0.15) is 24.8 Å². The molecule has 1 aromatic rings. The van der Waals surface area contributed by atoms with E-state index in [0.717, 1.165) is 56.0 Å². The van der Waals surface area contributed by atoms with Crippen molar-refractivity contribution >= 4 is 17.7 Å². The number of benzene rings is 1. The summed E-state index contributed by atoms with van der Waals surface area (Å²) in [6.07, 6.45) is 3.59. The van der Waals surface area contributed by atoms with Crippen molar-refractivity contribution in [2.75, 3.05) is 31.1 Å². The lowest BCUT2D eigenvalue weighted by molar-refractivity contribution is -0.133. The summed E-state index contributed by atoms with van der Waals surface area (Å²) in [7, 11) is 0. The summed E-state index contributed by atoms with van der Waals surface area (Å²) in [5.74, 6) is 2.88. The van der Waals surface area contributed by atoms with Crippen molar-refractivity contribution in [2.24, 2.45) is 5.92 Å². The molecule has 0 radical (unpaired) electrons. The van der Waals surface area contributed by atoms with Gasteiger partial charge in [0.1, 0.15) is 5.82 Å². The quantitative estimate of drug-likeness (QED) is 0.917. The van der Waals surface area contributed by atoms with E-state index in [9.17, 15) is 9.18 Å². The molecular formula is C18H25FN2OS. The standard InChI is InChI=1S/C18H25FN2OS/c19-16-3-1-2-15(11-16)10-14-4-7-21(8-5-14)18(22)12-17-13-23-9-6-20-17/h1-3,11,14,17,20H,4-10,12-13H2. The van der Waals surface area contributed by atoms with Gasteiger partial charge in [-0.25, -0.2) is 4.39 Å². The Morgan fingerprint density at radius 2 is 2.17 bits per heavy atom. The summed E-state index contributed by atoms with van der Waals surface area (Å²) in [5, 5.41) is 3.43. The summed E-state index contributed by atoms with van der Waals surface area (Å²) in [4.78, 5) is 14.4. The number of carbonyl (C=O) groups excluding carboxylic acids is 1. The first-order valence-electron chi connectivity index (χ1n) is 8.54. The molecule has 126 valence electrons. The van der Waals surface area contributed by atoms with Gasteiger partial charge < -0.3 is 10.2 Å². The molecule has 2 fully saturated rings. The highest BCUT2D eigenvalue weighted by molar-refractivity contribution is 7.99. The first-order chi connectivity index (χ1) is 11.2. The number of hydrogen-bond donors (Lipinski definition) is 1. The van der Waals surface area contributed by atoms with E-state index in [1.165, 1.54) is 6.07 Å². The number of piperidine rings is 1. The molecule has 0 spiro atoms. The second kappa shape index (κ2) is 8.15. The van der Waals surface area contributed by atoms with Crippen LogP contribution in [0.5, 0.6) is 0 Å². The van der Waals surface area contributed by atoms with Crippen LogP contribution in [0.25, 0.3) is 0 Å². The minimum atomic E-state index is -0.159. The summed E-state index contributed by atoms with van der Waals surface area (Å²) >= 11 is 1.93. The highest BCUT2D eigenvalue weighted by Gasteiger charge is 2.25. The maximum Gasteiger partial charge on any atom is 0.224 e. The maximum absolute atomic E-state index is 13.3. The molecule has 0 aliphatic carbocycles. The molecule has 5 heteroatoms. The summed E-state index contributed by atoms with van der Waals surface area (Å²) in [6, 6.07) is 7.23. The Balaban J connectivity index is 1.43. The van der Waals surface area contributed by atoms with Crippen molar-refractivity contribution in [3.05, 3.63) is 35.6 Å². The number of halogens is 1. The van der Waals surface area contributed by atoms with E-state index in [2.05, 4.69) is 5.32 Å². The lowest BCUT2D eigenvalue weighted by Gasteiger charge is -2.33. The molecule has 2 saturated heterocycles. The van der Waals surface area contributed by atoms with Crippen LogP contribution in [0.15, 0.2) is 24.3 Å². The van der Waals surface area contributed by atoms with E-state index < -0.39 is 0 Å². The lowest BCUT2D eigenvalue weighted by Crippen LogP contribution is -2.45. The van der Waals surface area contributed by atoms with E-state index in [1.807, 2.05) is 22.7 Å². The smallest absolute Gasteiger partial charge is 0.224 e. The van der Waals surface area contributed by atoms with Gasteiger partial charge in [-0.05, 0) is 42.9 Å². The second-order valence-corrected chi connectivity index (χ2v) is 7.74. The number of carbonyl (C=O) groups is 1. The Morgan fingerprint density at radius 3 is 2.87 bits per heavy atom. The number of nitrogens with zero attached hydrogens (tertiary/aromatic N) is 1. The fourth-order valence-electron chi connectivity index (χ4n) is 3.47. The van der Waals surface area contributed by atoms with Gasteiger partial charge in [-0.15, -0.1) is 0 Å². The second-order valence-electron chi connectivity index (χ2n) is 6.59. The average molecular weight is 336 g/mol. The molecule has 0 bridgehead atoms. The van der Waals surface area contributed by atoms with Crippen molar-refractivity contribution in [3.63, 3.8) is 0 Å². The normalized spacial score (nSPS) is 23.0. The van der Waals surface area contributed by atoms with Gasteiger partial charge in [-0.1, -0.05) is 12.1 Å². The average Bonchev–Trinajstić information content (AvgIpc) is 2.56. The Morgan fingerprint density at radius 1 is 1.35 bits per heavy atom. The van der Waals surface area contributed by atoms with E-state index >= 15 is 0 Å². The van der Waals surface area contributed by atoms with Gasteiger partial charge in [0.05, 0.1) is 0 Å². The monoisotopic (exact) mass is 336 g/mol. The Bertz CT molecular complexity index is 526. The van der Waals surface area contributed by atoms with Gasteiger partial charge in [0.25, 0.3) is 0 Å². The molecule has 3 nitrogen and oxygen atoms in total. The van der Waals surface area contributed by atoms with Crippen molar-refractivity contribution in [2.45, 2.75) is 31.7 Å². The molecule has 3 rings (SSSR count). The fraction of sp³-hybridized carbons (Fsp3) is 0.611. The van der Waals surface area contributed by atoms with Gasteiger partial charge in [-0.3, -0.25) is 4.79 Å². The van der Waals surface area contributed by atoms with Crippen LogP contribution in [0.3, 0.4) is 0 Å². The largest absolute Gasteiger partial charge is 0.343 e. The van der Waals surface area contributed by atoms with Crippen molar-refractivity contribution in [1.82, 2.24) is 10.2 Å². The van der Waals surface area contributed by atoms with Gasteiger partial charge in [0.2, 0.25) is 5.91 Å². The van der Waals surface area contributed by atoms with Crippen LogP contribution in [0.2, 0.25) is 0 Å². The molecule has 1 unspecified atom stereocenters. The van der Waals surface area contributed by atoms with Gasteiger partial charge in [-0.2, -0.15) is 11.8 Å². The van der Waals surface area contributed by atoms with E-state index in [1.54, 1.807) is 12.1 Å². The topological polar surface area (TPSA) is 32.3 Å². The van der Waals surface area contributed by atoms with Crippen LogP contribution in [-0.2, 0) is 11.2 Å². The number of thioether (sulfide) groups is 1. The molecule has 0 aromatic heterocycles. The van der Waals surface area contributed by atoms with Crippen LogP contribution in [-0.4, -0.2) is 48.0 Å². The van der Waals surface area contributed by atoms with E-state index in [-0.39, 0.29) is 11.7 Å². The van der Waals surface area contributed by atoms with E-state index in [4.69, 9.17) is 0 Å². The SMILES string of the molecule is O=C(CC1CSCCN1)N1CCC(Cc2cccc(F)c2)CC1. The lowest BCUT2D eigenvalue weighted by atomic mass is 9.90. The van der Waals surface area contributed by atoms with Crippen LogP contribution < -0.4 is 5.32 Å². The minimum Gasteiger partial charge on any atom is -0.343 e. The number of nitrogens with one attached hydrogen (secondary N) is 1. The maximum atomic E-state index is 13.3. The third kappa shape index (κ3) is 4.95. The number of rotatable bonds is 4. The molecular weight excluding hydrogens is 311 g/mol. The number of amides is 1. The molecule has 1 N–H and O–H groups in total. The molecule has 1 aromatic carbocycles. The molecule has 1 amide bonds. The first kappa shape index (κ1) is 16.8. The molecule has 0 saturated carbocycles. The fourth-order valence-corrected chi connectivity index (χ4v) is 4.42. The molecule has 2 aliphatic heterocycles. The van der Waals surface area contributed by atoms with Gasteiger partial charge in [0.15, 0.2) is 0 Å². The third-order valence-electron chi connectivity index (χ3n) is 4.80. The van der Waals surface area contributed by atoms with Crippen molar-refractivity contribution in [1.29, 1.82) is 0 Å². The minimum absolute atomic E-state index is 0.159. The van der Waals surface area contributed by atoms with E-state index in [0.29, 0.717) is 18.4 Å². The predicted molar refractivity (Wildman–Crippen MR) is 93.1 cm³/mol. The molecule has 2 aliphatic rings. The molecule has 23 heavy (non-hydrogen) atoms. The summed E-state index contributed by atoms with van der Waals surface area (Å²) in [6.45, 7) is 2.70. The highest BCUT2D eigenvalue weighted by atomic mass is 32.2. The van der Waals surface area contributed by atoms with Gasteiger partial charge in [0, 0.05) is 43.6 Å². The van der Waals surface area contributed by atoms with Gasteiger partial charge >= 0.3 is 0 Å². The Labute approximate surface area is 142 Å². The van der Waals surface area contributed by atoms with Crippen molar-refractivity contribution < 1.29 is 9.18 Å². The molecule has 2 heterocycles. The zero-order valence-electron chi connectivity index (χ0n) is 13.5. The van der Waals surface area contributed by atoms with Crippen LogP contribution in [0, 0.1) is 11.7 Å². The third-order valence-corrected chi connectivity index (χ3v) is 5.93. The zero-order chi connectivity index (χ0) is 16.1. The number of likely N-dealkylation sites (tertiary alicyclic amines) is 1. The van der Waals surface area contributed by atoms with Crippen LogP contribution in [0.4, 0.5) is 4.39 Å². The van der Waals surface area contributed by atoms with Crippen molar-refractivity contribution in [3.8, 4) is 0 Å². The Kier molecular flexibility index (Phi) is 5.95. The number of hydrogen-bond acceptors (Lipinski definition) is 3. The zero-order valence-corrected chi connectivity index (χ0v) is 14.3.